The van der Waals surface area contributed by atoms with Gasteiger partial charge in [0.05, 0.1) is 11.0 Å². The van der Waals surface area contributed by atoms with Gasteiger partial charge in [0.15, 0.2) is 0 Å². The number of hydrogen-bond donors (Lipinski definition) is 3. The summed E-state index contributed by atoms with van der Waals surface area (Å²) in [5.74, 6) is 0.144. The average Bonchev–Trinajstić information content (AvgIpc) is 3.03. The van der Waals surface area contributed by atoms with Crippen LogP contribution in [0.15, 0.2) is 42.5 Å². The molecule has 27 heavy (non-hydrogen) atoms. The Bertz CT molecular complexity index is 776. The summed E-state index contributed by atoms with van der Waals surface area (Å²) >= 11 is 0. The Balaban J connectivity index is 0.00000261. The van der Waals surface area contributed by atoms with E-state index in [1.807, 2.05) is 0 Å². The summed E-state index contributed by atoms with van der Waals surface area (Å²) < 4.78 is 18.5. The Morgan fingerprint density at radius 2 is 2.00 bits per heavy atom. The van der Waals surface area contributed by atoms with Gasteiger partial charge in [0.2, 0.25) is 5.75 Å². The molecular formula is C18H21ClFN3O4. The molecule has 0 bridgehead atoms. The summed E-state index contributed by atoms with van der Waals surface area (Å²) in [6.45, 7) is 2.41. The molecule has 0 amide bonds. The molecular weight excluding hydrogens is 377 g/mol. The number of hydrogen-bond acceptors (Lipinski definition) is 6. The highest BCUT2D eigenvalue weighted by molar-refractivity contribution is 5.85. The maximum absolute atomic E-state index is 13.0. The van der Waals surface area contributed by atoms with Crippen LogP contribution in [0.4, 0.5) is 10.1 Å². The number of nitro benzene ring substituents is 1. The van der Waals surface area contributed by atoms with E-state index in [0.29, 0.717) is 25.4 Å². The van der Waals surface area contributed by atoms with Crippen LogP contribution in [0.1, 0.15) is 5.56 Å². The van der Waals surface area contributed by atoms with Gasteiger partial charge in [-0.2, -0.15) is 0 Å². The molecule has 2 unspecified atom stereocenters. The molecule has 1 fully saturated rings. The Labute approximate surface area is 162 Å². The van der Waals surface area contributed by atoms with E-state index in [2.05, 4.69) is 10.6 Å². The van der Waals surface area contributed by atoms with E-state index >= 15 is 0 Å². The number of nitrogens with zero attached hydrogens (tertiary/aromatic N) is 1. The van der Waals surface area contributed by atoms with Crippen LogP contribution in [0.3, 0.4) is 0 Å². The third-order valence-corrected chi connectivity index (χ3v) is 4.30. The molecule has 2 atom stereocenters. The number of nitro groups is 1. The highest BCUT2D eigenvalue weighted by atomic mass is 35.5. The number of nitrogens with one attached hydrogen (secondary N) is 2. The Morgan fingerprint density at radius 3 is 2.63 bits per heavy atom. The molecule has 3 N–H and O–H groups in total. The fraction of sp³-hybridized carbons (Fsp3) is 0.333. The Hall–Kier alpha value is -2.26. The molecule has 0 spiro atoms. The normalized spacial score (nSPS) is 18.7. The van der Waals surface area contributed by atoms with Gasteiger partial charge in [-0.1, -0.05) is 6.07 Å². The molecule has 1 aliphatic heterocycles. The second-order valence-electron chi connectivity index (χ2n) is 6.23. The molecule has 2 aromatic carbocycles. The molecule has 1 heterocycles. The van der Waals surface area contributed by atoms with Gasteiger partial charge in [-0.15, -0.1) is 12.4 Å². The van der Waals surface area contributed by atoms with E-state index in [1.165, 1.54) is 36.4 Å². The van der Waals surface area contributed by atoms with Gasteiger partial charge in [-0.25, -0.2) is 4.39 Å². The number of benzene rings is 2. The minimum Gasteiger partial charge on any atom is -0.450 e. The molecule has 0 radical (unpaired) electrons. The van der Waals surface area contributed by atoms with Gasteiger partial charge in [0, 0.05) is 38.2 Å². The average molecular weight is 398 g/mol. The molecule has 7 nitrogen and oxygen atoms in total. The fourth-order valence-corrected chi connectivity index (χ4v) is 2.86. The van der Waals surface area contributed by atoms with E-state index in [-0.39, 0.29) is 35.9 Å². The van der Waals surface area contributed by atoms with Crippen LogP contribution < -0.4 is 15.4 Å². The van der Waals surface area contributed by atoms with Crippen molar-refractivity contribution < 1.29 is 19.2 Å². The van der Waals surface area contributed by atoms with Gasteiger partial charge < -0.3 is 20.5 Å². The van der Waals surface area contributed by atoms with Crippen LogP contribution in [0.5, 0.6) is 11.5 Å². The number of halogens is 2. The van der Waals surface area contributed by atoms with Crippen molar-refractivity contribution in [2.45, 2.75) is 12.6 Å². The van der Waals surface area contributed by atoms with Crippen LogP contribution in [-0.4, -0.2) is 35.8 Å². The van der Waals surface area contributed by atoms with Crippen molar-refractivity contribution >= 4 is 18.1 Å². The minimum absolute atomic E-state index is 0. The van der Waals surface area contributed by atoms with Gasteiger partial charge >= 0.3 is 5.69 Å². The van der Waals surface area contributed by atoms with Crippen molar-refractivity contribution in [2.75, 3.05) is 19.6 Å². The molecule has 146 valence electrons. The molecule has 3 rings (SSSR count). The molecule has 0 saturated carbocycles. The fourth-order valence-electron chi connectivity index (χ4n) is 2.86. The zero-order valence-electron chi connectivity index (χ0n) is 14.4. The topological polar surface area (TPSA) is 96.7 Å². The first-order valence-corrected chi connectivity index (χ1v) is 8.33. The van der Waals surface area contributed by atoms with E-state index in [0.717, 1.165) is 12.1 Å². The van der Waals surface area contributed by atoms with Gasteiger partial charge in [-0.3, -0.25) is 10.1 Å². The van der Waals surface area contributed by atoms with Crippen molar-refractivity contribution in [2.24, 2.45) is 5.92 Å². The smallest absolute Gasteiger partial charge is 0.311 e. The standard InChI is InChI=1S/C18H20FN3O4.ClH/c19-14-2-4-15(5-3-14)26-18-6-1-12(7-16(18)22(24)25)8-20-9-13-10-21-11-17(13)23;/h1-7,13,17,20-21,23H,8-11H2;1H. The van der Waals surface area contributed by atoms with E-state index in [4.69, 9.17) is 4.74 Å². The Kier molecular flexibility index (Phi) is 7.49. The predicted molar refractivity (Wildman–Crippen MR) is 101 cm³/mol. The summed E-state index contributed by atoms with van der Waals surface area (Å²) in [7, 11) is 0. The molecule has 9 heteroatoms. The molecule has 1 saturated heterocycles. The summed E-state index contributed by atoms with van der Waals surface area (Å²) in [4.78, 5) is 10.8. The summed E-state index contributed by atoms with van der Waals surface area (Å²) in [5.41, 5.74) is 0.583. The molecule has 0 aromatic heterocycles. The van der Waals surface area contributed by atoms with E-state index in [9.17, 15) is 19.6 Å². The van der Waals surface area contributed by atoms with Crippen LogP contribution >= 0.6 is 12.4 Å². The quantitative estimate of drug-likeness (QED) is 0.491. The van der Waals surface area contributed by atoms with Crippen molar-refractivity contribution in [3.63, 3.8) is 0 Å². The van der Waals surface area contributed by atoms with Crippen molar-refractivity contribution in [3.8, 4) is 11.5 Å². The number of aliphatic hydroxyl groups is 1. The largest absolute Gasteiger partial charge is 0.450 e. The highest BCUT2D eigenvalue weighted by Gasteiger charge is 2.24. The van der Waals surface area contributed by atoms with Crippen molar-refractivity contribution in [1.82, 2.24) is 10.6 Å². The number of ether oxygens (including phenoxy) is 1. The van der Waals surface area contributed by atoms with Crippen molar-refractivity contribution in [3.05, 3.63) is 64.0 Å². The molecule has 0 aliphatic carbocycles. The first kappa shape index (κ1) is 21.0. The monoisotopic (exact) mass is 397 g/mol. The second kappa shape index (κ2) is 9.61. The van der Waals surface area contributed by atoms with Crippen molar-refractivity contribution in [1.29, 1.82) is 0 Å². The lowest BCUT2D eigenvalue weighted by molar-refractivity contribution is -0.385. The minimum atomic E-state index is -0.507. The van der Waals surface area contributed by atoms with E-state index in [1.54, 1.807) is 6.07 Å². The SMILES string of the molecule is Cl.O=[N+]([O-])c1cc(CNCC2CNCC2O)ccc1Oc1ccc(F)cc1. The molecule has 2 aromatic rings. The van der Waals surface area contributed by atoms with Crippen LogP contribution in [0.25, 0.3) is 0 Å². The lowest BCUT2D eigenvalue weighted by Gasteiger charge is -2.14. The van der Waals surface area contributed by atoms with Gasteiger partial charge in [-0.05, 0) is 35.9 Å². The highest BCUT2D eigenvalue weighted by Crippen LogP contribution is 2.32. The van der Waals surface area contributed by atoms with Crippen LogP contribution in [-0.2, 0) is 6.54 Å². The van der Waals surface area contributed by atoms with Gasteiger partial charge in [0.25, 0.3) is 0 Å². The number of β-amino-alcohol motifs (C(OH)–C–C–N with tert-alkyl or cyclic N) is 1. The van der Waals surface area contributed by atoms with Gasteiger partial charge in [0.1, 0.15) is 11.6 Å². The number of aliphatic hydroxyl groups excluding tert-OH is 1. The Morgan fingerprint density at radius 1 is 1.26 bits per heavy atom. The maximum Gasteiger partial charge on any atom is 0.311 e. The first-order valence-electron chi connectivity index (χ1n) is 8.33. The third kappa shape index (κ3) is 5.61. The lowest BCUT2D eigenvalue weighted by Crippen LogP contribution is -2.30. The third-order valence-electron chi connectivity index (χ3n) is 4.30. The zero-order valence-corrected chi connectivity index (χ0v) is 15.2. The van der Waals surface area contributed by atoms with Crippen LogP contribution in [0.2, 0.25) is 0 Å². The number of rotatable bonds is 7. The summed E-state index contributed by atoms with van der Waals surface area (Å²) in [6.07, 6.45) is -0.372. The summed E-state index contributed by atoms with van der Waals surface area (Å²) in [5, 5.41) is 27.4. The predicted octanol–water partition coefficient (Wildman–Crippen LogP) is 2.62. The zero-order chi connectivity index (χ0) is 18.5. The second-order valence-corrected chi connectivity index (χ2v) is 6.23. The maximum atomic E-state index is 13.0. The molecule has 1 aliphatic rings. The van der Waals surface area contributed by atoms with Crippen LogP contribution in [0, 0.1) is 21.8 Å². The summed E-state index contributed by atoms with van der Waals surface area (Å²) in [6, 6.07) is 10.0. The van der Waals surface area contributed by atoms with E-state index < -0.39 is 10.7 Å². The lowest BCUT2D eigenvalue weighted by atomic mass is 10.1. The first-order chi connectivity index (χ1) is 12.5.